The Morgan fingerprint density at radius 1 is 1.06 bits per heavy atom. The predicted molar refractivity (Wildman–Crippen MR) is 124 cm³/mol. The Hall–Kier alpha value is -3.90. The van der Waals surface area contributed by atoms with E-state index >= 15 is 0 Å². The van der Waals surface area contributed by atoms with Gasteiger partial charge in [0.25, 0.3) is 5.91 Å². The number of carbonyl (C=O) groups is 2. The third-order valence-corrected chi connectivity index (χ3v) is 6.12. The molecule has 6 heteroatoms. The van der Waals surface area contributed by atoms with E-state index in [9.17, 15) is 14.7 Å². The van der Waals surface area contributed by atoms with Crippen LogP contribution in [0.3, 0.4) is 0 Å². The lowest BCUT2D eigenvalue weighted by molar-refractivity contribution is -0.140. The molecule has 0 radical (unpaired) electrons. The van der Waals surface area contributed by atoms with Gasteiger partial charge in [-0.1, -0.05) is 54.6 Å². The predicted octanol–water partition coefficient (Wildman–Crippen LogP) is 4.13. The van der Waals surface area contributed by atoms with E-state index in [1.54, 1.807) is 41.3 Å². The minimum Gasteiger partial charge on any atom is -0.454 e. The minimum absolute atomic E-state index is 0.176. The number of amides is 1. The summed E-state index contributed by atoms with van der Waals surface area (Å²) in [5, 5.41) is 11.4. The molecule has 5 rings (SSSR count). The van der Waals surface area contributed by atoms with E-state index in [2.05, 4.69) is 0 Å². The van der Waals surface area contributed by atoms with Crippen LogP contribution in [0, 0.1) is 6.92 Å². The number of nitrogens with zero attached hydrogens (tertiary/aromatic N) is 1. The Kier molecular flexibility index (Phi) is 5.23. The van der Waals surface area contributed by atoms with E-state index in [0.717, 1.165) is 16.7 Å². The second-order valence-corrected chi connectivity index (χ2v) is 8.28. The van der Waals surface area contributed by atoms with Gasteiger partial charge in [0.05, 0.1) is 18.7 Å². The van der Waals surface area contributed by atoms with Crippen molar-refractivity contribution in [1.29, 1.82) is 0 Å². The van der Waals surface area contributed by atoms with Gasteiger partial charge in [-0.15, -0.1) is 0 Å². The van der Waals surface area contributed by atoms with Gasteiger partial charge in [0.1, 0.15) is 0 Å². The third-order valence-electron chi connectivity index (χ3n) is 6.12. The van der Waals surface area contributed by atoms with Crippen molar-refractivity contribution in [2.45, 2.75) is 25.5 Å². The van der Waals surface area contributed by atoms with E-state index in [-0.39, 0.29) is 19.0 Å². The number of benzene rings is 3. The van der Waals surface area contributed by atoms with Crippen LogP contribution < -0.4 is 14.4 Å². The van der Waals surface area contributed by atoms with Crippen LogP contribution >= 0.6 is 0 Å². The zero-order valence-corrected chi connectivity index (χ0v) is 18.2. The van der Waals surface area contributed by atoms with Crippen molar-refractivity contribution in [1.82, 2.24) is 0 Å². The van der Waals surface area contributed by atoms with Crippen LogP contribution in [0.4, 0.5) is 5.69 Å². The van der Waals surface area contributed by atoms with E-state index in [0.29, 0.717) is 29.3 Å². The first kappa shape index (κ1) is 21.0. The monoisotopic (exact) mass is 441 g/mol. The van der Waals surface area contributed by atoms with Crippen LogP contribution in [0.2, 0.25) is 0 Å². The Bertz CT molecular complexity index is 1280. The van der Waals surface area contributed by atoms with Gasteiger partial charge < -0.3 is 19.5 Å². The molecule has 0 bridgehead atoms. The zero-order valence-electron chi connectivity index (χ0n) is 18.2. The Balaban J connectivity index is 1.38. The van der Waals surface area contributed by atoms with Gasteiger partial charge in [-0.25, -0.2) is 0 Å². The van der Waals surface area contributed by atoms with E-state index in [4.69, 9.17) is 9.47 Å². The molecule has 6 nitrogen and oxygen atoms in total. The highest BCUT2D eigenvalue weighted by molar-refractivity contribution is 6.10. The molecule has 33 heavy (non-hydrogen) atoms. The molecule has 3 aromatic carbocycles. The third kappa shape index (κ3) is 3.79. The summed E-state index contributed by atoms with van der Waals surface area (Å²) in [6.07, 6.45) is 2.69. The number of hydrogen-bond donors (Lipinski definition) is 1. The first-order valence-corrected chi connectivity index (χ1v) is 10.7. The summed E-state index contributed by atoms with van der Waals surface area (Å²) in [5.74, 6) is 0.442. The molecule has 0 saturated carbocycles. The first-order chi connectivity index (χ1) is 16.0. The first-order valence-electron chi connectivity index (χ1n) is 10.7. The highest BCUT2D eigenvalue weighted by Gasteiger charge is 2.50. The highest BCUT2D eigenvalue weighted by Crippen LogP contribution is 2.43. The van der Waals surface area contributed by atoms with Gasteiger partial charge in [0.15, 0.2) is 22.9 Å². The van der Waals surface area contributed by atoms with Crippen LogP contribution in [0.5, 0.6) is 11.5 Å². The van der Waals surface area contributed by atoms with Crippen molar-refractivity contribution >= 4 is 23.5 Å². The summed E-state index contributed by atoms with van der Waals surface area (Å²) in [5.41, 5.74) is 1.98. The fourth-order valence-corrected chi connectivity index (χ4v) is 4.31. The van der Waals surface area contributed by atoms with Crippen molar-refractivity contribution in [2.75, 3.05) is 11.7 Å². The van der Waals surface area contributed by atoms with Gasteiger partial charge in [-0.05, 0) is 47.9 Å². The van der Waals surface area contributed by atoms with Gasteiger partial charge >= 0.3 is 0 Å². The number of fused-ring (bicyclic) bond motifs is 2. The Morgan fingerprint density at radius 2 is 1.82 bits per heavy atom. The van der Waals surface area contributed by atoms with Crippen molar-refractivity contribution < 1.29 is 24.2 Å². The van der Waals surface area contributed by atoms with E-state index in [1.807, 2.05) is 43.3 Å². The molecule has 166 valence electrons. The van der Waals surface area contributed by atoms with Crippen LogP contribution in [-0.4, -0.2) is 23.6 Å². The quantitative estimate of drug-likeness (QED) is 0.582. The number of aryl methyl sites for hydroxylation is 1. The molecule has 0 fully saturated rings. The van der Waals surface area contributed by atoms with Crippen LogP contribution in [0.25, 0.3) is 6.08 Å². The molecule has 1 N–H and O–H groups in total. The molecule has 0 aromatic heterocycles. The zero-order chi connectivity index (χ0) is 23.0. The minimum atomic E-state index is -1.91. The number of ether oxygens (including phenoxy) is 2. The molecule has 1 atom stereocenters. The lowest BCUT2D eigenvalue weighted by Crippen LogP contribution is -2.41. The number of para-hydroxylation sites is 1. The summed E-state index contributed by atoms with van der Waals surface area (Å²) < 4.78 is 10.7. The molecular formula is C27H23NO5. The van der Waals surface area contributed by atoms with Crippen LogP contribution in [0.15, 0.2) is 72.8 Å². The maximum Gasteiger partial charge on any atom is 0.264 e. The standard InChI is InChI=1S/C27H23NO5/c1-18-6-2-3-7-20(18)16-28-23-9-5-4-8-22(23)27(31,26(28)30)15-21(29)12-10-19-11-13-24-25(14-19)33-17-32-24/h2-14,31H,15-17H2,1H3. The van der Waals surface area contributed by atoms with Gasteiger partial charge in [0.2, 0.25) is 6.79 Å². The van der Waals surface area contributed by atoms with E-state index in [1.165, 1.54) is 6.08 Å². The molecule has 0 aliphatic carbocycles. The van der Waals surface area contributed by atoms with Crippen molar-refractivity contribution in [3.05, 3.63) is 95.1 Å². The normalized spacial score (nSPS) is 18.7. The fourth-order valence-electron chi connectivity index (χ4n) is 4.31. The summed E-state index contributed by atoms with van der Waals surface area (Å²) in [4.78, 5) is 27.8. The lowest BCUT2D eigenvalue weighted by atomic mass is 9.89. The molecule has 2 heterocycles. The second-order valence-electron chi connectivity index (χ2n) is 8.28. The van der Waals surface area contributed by atoms with Crippen molar-refractivity contribution in [3.8, 4) is 11.5 Å². The Labute approximate surface area is 191 Å². The number of allylic oxidation sites excluding steroid dienone is 1. The molecule has 3 aromatic rings. The van der Waals surface area contributed by atoms with Gasteiger partial charge in [-0.2, -0.15) is 0 Å². The molecule has 0 saturated heterocycles. The molecule has 2 aliphatic heterocycles. The SMILES string of the molecule is Cc1ccccc1CN1C(=O)C(O)(CC(=O)C=Cc2ccc3c(c2)OCO3)c2ccccc21. The number of carbonyl (C=O) groups excluding carboxylic acids is 2. The second kappa shape index (κ2) is 8.22. The molecular weight excluding hydrogens is 418 g/mol. The summed E-state index contributed by atoms with van der Waals surface area (Å²) in [6, 6.07) is 20.3. The molecule has 2 aliphatic rings. The fraction of sp³-hybridized carbons (Fsp3) is 0.185. The highest BCUT2D eigenvalue weighted by atomic mass is 16.7. The topological polar surface area (TPSA) is 76.1 Å². The number of hydrogen-bond acceptors (Lipinski definition) is 5. The average molecular weight is 441 g/mol. The van der Waals surface area contributed by atoms with Crippen molar-refractivity contribution in [3.63, 3.8) is 0 Å². The van der Waals surface area contributed by atoms with E-state index < -0.39 is 11.5 Å². The molecule has 0 spiro atoms. The van der Waals surface area contributed by atoms with Gasteiger partial charge in [-0.3, -0.25) is 9.59 Å². The number of aliphatic hydroxyl groups is 1. The maximum absolute atomic E-state index is 13.4. The largest absolute Gasteiger partial charge is 0.454 e. The van der Waals surface area contributed by atoms with Crippen molar-refractivity contribution in [2.24, 2.45) is 0 Å². The summed E-state index contributed by atoms with van der Waals surface area (Å²) in [7, 11) is 0. The van der Waals surface area contributed by atoms with Crippen LogP contribution in [0.1, 0.15) is 28.7 Å². The smallest absolute Gasteiger partial charge is 0.264 e. The molecule has 1 unspecified atom stereocenters. The van der Waals surface area contributed by atoms with Crippen LogP contribution in [-0.2, 0) is 21.7 Å². The summed E-state index contributed by atoms with van der Waals surface area (Å²) >= 11 is 0. The number of anilines is 1. The van der Waals surface area contributed by atoms with Gasteiger partial charge in [0, 0.05) is 5.56 Å². The number of rotatable bonds is 6. The average Bonchev–Trinajstić information content (AvgIpc) is 3.36. The number of ketones is 1. The maximum atomic E-state index is 13.4. The summed E-state index contributed by atoms with van der Waals surface area (Å²) in [6.45, 7) is 2.49. The Morgan fingerprint density at radius 3 is 2.67 bits per heavy atom. The molecule has 1 amide bonds. The lowest BCUT2D eigenvalue weighted by Gasteiger charge is -2.23.